The molecular weight excluding hydrogens is 385 g/mol. The minimum Gasteiger partial charge on any atom is -0.463 e. The SMILES string of the molecule is C[C@H]([NH2+][C@H](c1ccccc1)c1ccco1)C(=O)Nc1ccc(OC(F)(F)F)cc1. The molecule has 3 N–H and O–H groups in total. The molecule has 8 heteroatoms. The highest BCUT2D eigenvalue weighted by Gasteiger charge is 2.31. The first kappa shape index (κ1) is 20.5. The Hall–Kier alpha value is -3.26. The van der Waals surface area contributed by atoms with Gasteiger partial charge in [-0.15, -0.1) is 13.2 Å². The highest BCUT2D eigenvalue weighted by Crippen LogP contribution is 2.24. The average molecular weight is 405 g/mol. The zero-order valence-electron chi connectivity index (χ0n) is 15.5. The van der Waals surface area contributed by atoms with Gasteiger partial charge < -0.3 is 19.8 Å². The average Bonchev–Trinajstić information content (AvgIpc) is 3.21. The van der Waals surface area contributed by atoms with Gasteiger partial charge in [0.2, 0.25) is 0 Å². The normalized spacial score (nSPS) is 13.5. The predicted octanol–water partition coefficient (Wildman–Crippen LogP) is 3.86. The largest absolute Gasteiger partial charge is 0.573 e. The van der Waals surface area contributed by atoms with Crippen LogP contribution in [0.2, 0.25) is 0 Å². The van der Waals surface area contributed by atoms with Crippen molar-refractivity contribution in [2.24, 2.45) is 0 Å². The molecule has 0 radical (unpaired) electrons. The highest BCUT2D eigenvalue weighted by atomic mass is 19.4. The maximum atomic E-state index is 12.6. The quantitative estimate of drug-likeness (QED) is 0.627. The Bertz CT molecular complexity index is 911. The summed E-state index contributed by atoms with van der Waals surface area (Å²) in [5, 5.41) is 4.56. The summed E-state index contributed by atoms with van der Waals surface area (Å²) in [6.07, 6.45) is -3.18. The van der Waals surface area contributed by atoms with Crippen molar-refractivity contribution in [3.8, 4) is 5.75 Å². The Balaban J connectivity index is 1.66. The van der Waals surface area contributed by atoms with Crippen molar-refractivity contribution in [1.82, 2.24) is 0 Å². The number of hydrogen-bond acceptors (Lipinski definition) is 3. The molecule has 2 aromatic carbocycles. The molecule has 3 rings (SSSR count). The number of halogens is 3. The number of nitrogens with two attached hydrogens (primary N) is 1. The van der Waals surface area contributed by atoms with Gasteiger partial charge in [0, 0.05) is 11.3 Å². The second-order valence-electron chi connectivity index (χ2n) is 6.45. The number of ether oxygens (including phenoxy) is 1. The lowest BCUT2D eigenvalue weighted by Crippen LogP contribution is -2.92. The molecule has 0 saturated carbocycles. The molecule has 0 fully saturated rings. The fourth-order valence-electron chi connectivity index (χ4n) is 2.87. The van der Waals surface area contributed by atoms with E-state index in [0.29, 0.717) is 11.4 Å². The van der Waals surface area contributed by atoms with E-state index in [1.54, 1.807) is 19.3 Å². The van der Waals surface area contributed by atoms with Gasteiger partial charge in [0.15, 0.2) is 17.8 Å². The van der Waals surface area contributed by atoms with Gasteiger partial charge in [-0.25, -0.2) is 0 Å². The molecule has 0 aliphatic carbocycles. The molecule has 1 heterocycles. The first-order chi connectivity index (χ1) is 13.8. The summed E-state index contributed by atoms with van der Waals surface area (Å²) in [5.41, 5.74) is 1.36. The molecule has 29 heavy (non-hydrogen) atoms. The Morgan fingerprint density at radius 3 is 2.31 bits per heavy atom. The molecule has 1 aromatic heterocycles. The minimum absolute atomic E-state index is 0.213. The van der Waals surface area contributed by atoms with E-state index in [2.05, 4.69) is 10.1 Å². The molecule has 1 amide bonds. The number of benzene rings is 2. The topological polar surface area (TPSA) is 68.1 Å². The zero-order chi connectivity index (χ0) is 20.9. The number of anilines is 1. The van der Waals surface area contributed by atoms with Crippen molar-refractivity contribution >= 4 is 11.6 Å². The van der Waals surface area contributed by atoms with Crippen LogP contribution in [-0.2, 0) is 4.79 Å². The maximum Gasteiger partial charge on any atom is 0.573 e. The van der Waals surface area contributed by atoms with Crippen LogP contribution in [0.4, 0.5) is 18.9 Å². The van der Waals surface area contributed by atoms with Gasteiger partial charge in [-0.3, -0.25) is 4.79 Å². The lowest BCUT2D eigenvalue weighted by atomic mass is 10.0. The van der Waals surface area contributed by atoms with Crippen molar-refractivity contribution in [1.29, 1.82) is 0 Å². The molecule has 0 bridgehead atoms. The van der Waals surface area contributed by atoms with Crippen molar-refractivity contribution in [3.63, 3.8) is 0 Å². The van der Waals surface area contributed by atoms with E-state index in [1.807, 2.05) is 41.7 Å². The van der Waals surface area contributed by atoms with Crippen LogP contribution in [0.25, 0.3) is 0 Å². The summed E-state index contributed by atoms with van der Waals surface area (Å²) in [4.78, 5) is 12.6. The molecule has 0 aliphatic rings. The van der Waals surface area contributed by atoms with Gasteiger partial charge >= 0.3 is 6.36 Å². The number of carbonyl (C=O) groups is 1. The van der Waals surface area contributed by atoms with Crippen LogP contribution in [-0.4, -0.2) is 18.3 Å². The summed E-state index contributed by atoms with van der Waals surface area (Å²) >= 11 is 0. The second-order valence-corrected chi connectivity index (χ2v) is 6.45. The maximum absolute atomic E-state index is 12.6. The van der Waals surface area contributed by atoms with E-state index in [4.69, 9.17) is 4.42 Å². The number of nitrogens with one attached hydrogen (secondary N) is 1. The van der Waals surface area contributed by atoms with Gasteiger partial charge in [0.25, 0.3) is 5.91 Å². The van der Waals surface area contributed by atoms with Crippen LogP contribution in [0.5, 0.6) is 5.75 Å². The van der Waals surface area contributed by atoms with Crippen LogP contribution in [0.3, 0.4) is 0 Å². The summed E-state index contributed by atoms with van der Waals surface area (Å²) in [6, 6.07) is 17.6. The highest BCUT2D eigenvalue weighted by molar-refractivity contribution is 5.93. The molecule has 5 nitrogen and oxygen atoms in total. The number of furan rings is 1. The Kier molecular flexibility index (Phi) is 6.23. The molecule has 0 saturated heterocycles. The molecule has 0 unspecified atom stereocenters. The van der Waals surface area contributed by atoms with E-state index in [9.17, 15) is 18.0 Å². The van der Waals surface area contributed by atoms with Crippen molar-refractivity contribution in [3.05, 3.63) is 84.3 Å². The first-order valence-corrected chi connectivity index (χ1v) is 8.92. The number of rotatable bonds is 7. The van der Waals surface area contributed by atoms with Gasteiger partial charge in [-0.1, -0.05) is 30.3 Å². The Morgan fingerprint density at radius 2 is 1.72 bits per heavy atom. The smallest absolute Gasteiger partial charge is 0.463 e. The third-order valence-corrected chi connectivity index (χ3v) is 4.26. The van der Waals surface area contributed by atoms with Gasteiger partial charge in [0.1, 0.15) is 5.75 Å². The summed E-state index contributed by atoms with van der Waals surface area (Å²) in [6.45, 7) is 1.75. The monoisotopic (exact) mass is 405 g/mol. The first-order valence-electron chi connectivity index (χ1n) is 8.92. The van der Waals surface area contributed by atoms with Crippen LogP contribution in [0.15, 0.2) is 77.4 Å². The number of alkyl halides is 3. The summed E-state index contributed by atoms with van der Waals surface area (Å²) in [7, 11) is 0. The summed E-state index contributed by atoms with van der Waals surface area (Å²) < 4.78 is 46.1. The molecule has 0 spiro atoms. The number of hydrogen-bond donors (Lipinski definition) is 2. The Labute approximate surface area is 165 Å². The van der Waals surface area contributed by atoms with Crippen molar-refractivity contribution in [2.45, 2.75) is 25.4 Å². The predicted molar refractivity (Wildman–Crippen MR) is 100 cm³/mol. The third-order valence-electron chi connectivity index (χ3n) is 4.26. The van der Waals surface area contributed by atoms with Gasteiger partial charge in [-0.05, 0) is 43.3 Å². The van der Waals surface area contributed by atoms with Crippen LogP contribution >= 0.6 is 0 Å². The second kappa shape index (κ2) is 8.83. The zero-order valence-corrected chi connectivity index (χ0v) is 15.5. The van der Waals surface area contributed by atoms with Gasteiger partial charge in [-0.2, -0.15) is 0 Å². The van der Waals surface area contributed by atoms with E-state index >= 15 is 0 Å². The molecule has 152 valence electrons. The fourth-order valence-corrected chi connectivity index (χ4v) is 2.87. The van der Waals surface area contributed by atoms with E-state index in [-0.39, 0.29) is 17.7 Å². The molecular formula is C21H20F3N2O3+. The van der Waals surface area contributed by atoms with Crippen LogP contribution in [0, 0.1) is 0 Å². The van der Waals surface area contributed by atoms with Crippen molar-refractivity contribution in [2.75, 3.05) is 5.32 Å². The van der Waals surface area contributed by atoms with E-state index in [1.165, 1.54) is 12.1 Å². The number of carbonyl (C=O) groups excluding carboxylic acids is 1. The van der Waals surface area contributed by atoms with Crippen molar-refractivity contribution < 1.29 is 32.4 Å². The third kappa shape index (κ3) is 5.86. The molecule has 0 aliphatic heterocycles. The number of quaternary nitrogens is 1. The van der Waals surface area contributed by atoms with Crippen LogP contribution < -0.4 is 15.4 Å². The lowest BCUT2D eigenvalue weighted by molar-refractivity contribution is -0.706. The lowest BCUT2D eigenvalue weighted by Gasteiger charge is -2.19. The standard InChI is InChI=1S/C21H19F3N2O3/c1-14(20(27)26-16-9-11-17(12-10-16)29-21(22,23)24)25-19(18-8-5-13-28-18)15-6-3-2-4-7-15/h2-14,19,25H,1H3,(H,26,27)/p+1/t14-,19+/m0/s1. The van der Waals surface area contributed by atoms with Crippen LogP contribution in [0.1, 0.15) is 24.3 Å². The van der Waals surface area contributed by atoms with E-state index in [0.717, 1.165) is 17.7 Å². The molecule has 2 atom stereocenters. The summed E-state index contributed by atoms with van der Waals surface area (Å²) in [5.74, 6) is 0.0727. The Morgan fingerprint density at radius 1 is 1.03 bits per heavy atom. The van der Waals surface area contributed by atoms with Gasteiger partial charge in [0.05, 0.1) is 6.26 Å². The number of amides is 1. The fraction of sp³-hybridized carbons (Fsp3) is 0.190. The minimum atomic E-state index is -4.76. The van der Waals surface area contributed by atoms with E-state index < -0.39 is 12.4 Å². The molecule has 3 aromatic rings.